The van der Waals surface area contributed by atoms with Gasteiger partial charge >= 0.3 is 5.97 Å². The number of halogens is 2. The van der Waals surface area contributed by atoms with Gasteiger partial charge in [0.15, 0.2) is 18.2 Å². The van der Waals surface area contributed by atoms with Crippen LogP contribution in [0.3, 0.4) is 0 Å². The van der Waals surface area contributed by atoms with Crippen molar-refractivity contribution >= 4 is 50.1 Å². The first kappa shape index (κ1) is 19.7. The molecule has 2 N–H and O–H groups in total. The number of rotatable bonds is 6. The Balaban J connectivity index is 1.63. The second-order valence-corrected chi connectivity index (χ2v) is 6.85. The number of hydrogen-bond donors (Lipinski definition) is 2. The van der Waals surface area contributed by atoms with E-state index in [1.165, 1.54) is 0 Å². The van der Waals surface area contributed by atoms with Gasteiger partial charge in [0.25, 0.3) is 0 Å². The van der Waals surface area contributed by atoms with E-state index in [1.54, 1.807) is 30.3 Å². The van der Waals surface area contributed by atoms with Crippen LogP contribution in [0.4, 0.5) is 0 Å². The van der Waals surface area contributed by atoms with Crippen LogP contribution in [-0.4, -0.2) is 34.3 Å². The predicted octanol–water partition coefficient (Wildman–Crippen LogP) is 4.39. The van der Waals surface area contributed by atoms with Gasteiger partial charge in [0.1, 0.15) is 24.0 Å². The molecule has 0 atom stereocenters. The average molecular weight is 463 g/mol. The zero-order valence-electron chi connectivity index (χ0n) is 14.3. The highest BCUT2D eigenvalue weighted by molar-refractivity contribution is 9.10. The van der Waals surface area contributed by atoms with E-state index < -0.39 is 18.3 Å². The number of aliphatic hydroxyl groups is 1. The van der Waals surface area contributed by atoms with Gasteiger partial charge in [0.2, 0.25) is 0 Å². The van der Waals surface area contributed by atoms with E-state index in [1.807, 2.05) is 18.2 Å². The highest BCUT2D eigenvalue weighted by atomic mass is 79.9. The number of hydrogen-bond acceptors (Lipinski definition) is 6. The van der Waals surface area contributed by atoms with Gasteiger partial charge in [0.05, 0.1) is 15.5 Å². The van der Waals surface area contributed by atoms with Crippen LogP contribution in [0.15, 0.2) is 52.7 Å². The van der Waals surface area contributed by atoms with E-state index in [9.17, 15) is 15.2 Å². The summed E-state index contributed by atoms with van der Waals surface area (Å²) in [6.07, 6.45) is 0. The number of carbonyl (C=O) groups excluding carboxylic acids is 1. The van der Waals surface area contributed by atoms with Crippen LogP contribution in [0.2, 0.25) is 5.02 Å². The SMILES string of the molecule is N#CC(=C(O)COC(=O)COc1ccc(Cl)cc1Br)c1nc2ccccc2[nH]1. The minimum absolute atomic E-state index is 0.106. The van der Waals surface area contributed by atoms with E-state index in [0.717, 1.165) is 5.52 Å². The van der Waals surface area contributed by atoms with Gasteiger partial charge in [-0.05, 0) is 46.3 Å². The molecule has 7 nitrogen and oxygen atoms in total. The van der Waals surface area contributed by atoms with Crippen molar-refractivity contribution in [1.29, 1.82) is 5.26 Å². The fourth-order valence-electron chi connectivity index (χ4n) is 2.32. The summed E-state index contributed by atoms with van der Waals surface area (Å²) in [4.78, 5) is 19.0. The molecule has 0 aliphatic rings. The molecule has 142 valence electrons. The van der Waals surface area contributed by atoms with Crippen LogP contribution >= 0.6 is 27.5 Å². The number of esters is 1. The molecule has 0 aliphatic carbocycles. The maximum Gasteiger partial charge on any atom is 0.344 e. The molecule has 3 aromatic rings. The topological polar surface area (TPSA) is 108 Å². The molecule has 0 unspecified atom stereocenters. The molecule has 0 spiro atoms. The number of carbonyl (C=O) groups is 1. The largest absolute Gasteiger partial charge is 0.507 e. The van der Waals surface area contributed by atoms with Gasteiger partial charge < -0.3 is 19.6 Å². The van der Waals surface area contributed by atoms with Gasteiger partial charge in [-0.1, -0.05) is 23.7 Å². The molecule has 28 heavy (non-hydrogen) atoms. The summed E-state index contributed by atoms with van der Waals surface area (Å²) < 4.78 is 10.9. The lowest BCUT2D eigenvalue weighted by Gasteiger charge is -2.09. The molecule has 1 aromatic heterocycles. The van der Waals surface area contributed by atoms with E-state index in [-0.39, 0.29) is 18.0 Å². The molecule has 2 aromatic carbocycles. The van der Waals surface area contributed by atoms with Gasteiger partial charge in [-0.25, -0.2) is 9.78 Å². The van der Waals surface area contributed by atoms with Crippen LogP contribution in [0.5, 0.6) is 5.75 Å². The van der Waals surface area contributed by atoms with Gasteiger partial charge in [-0.15, -0.1) is 0 Å². The number of allylic oxidation sites excluding steroid dienone is 1. The number of aliphatic hydroxyl groups excluding tert-OH is 1. The van der Waals surface area contributed by atoms with Gasteiger partial charge in [0, 0.05) is 5.02 Å². The van der Waals surface area contributed by atoms with Gasteiger partial charge in [-0.3, -0.25) is 0 Å². The highest BCUT2D eigenvalue weighted by Gasteiger charge is 2.15. The molecule has 1 heterocycles. The molecular weight excluding hydrogens is 450 g/mol. The molecule has 0 bridgehead atoms. The lowest BCUT2D eigenvalue weighted by molar-refractivity contribution is -0.145. The predicted molar refractivity (Wildman–Crippen MR) is 107 cm³/mol. The Labute approximate surface area is 173 Å². The van der Waals surface area contributed by atoms with Crippen LogP contribution in [0.1, 0.15) is 5.82 Å². The molecule has 0 saturated heterocycles. The second-order valence-electron chi connectivity index (χ2n) is 5.56. The van der Waals surface area contributed by atoms with Crippen molar-refractivity contribution in [3.63, 3.8) is 0 Å². The minimum atomic E-state index is -0.713. The van der Waals surface area contributed by atoms with Crippen LogP contribution in [-0.2, 0) is 9.53 Å². The Morgan fingerprint density at radius 1 is 1.29 bits per heavy atom. The van der Waals surface area contributed by atoms with Crippen LogP contribution in [0.25, 0.3) is 16.6 Å². The number of nitriles is 1. The molecule has 0 saturated carbocycles. The van der Waals surface area contributed by atoms with Crippen molar-refractivity contribution in [2.45, 2.75) is 0 Å². The van der Waals surface area contributed by atoms with Crippen molar-refractivity contribution in [2.24, 2.45) is 0 Å². The number of H-pyrrole nitrogens is 1. The summed E-state index contributed by atoms with van der Waals surface area (Å²) in [6, 6.07) is 13.9. The smallest absolute Gasteiger partial charge is 0.344 e. The summed E-state index contributed by atoms with van der Waals surface area (Å²) in [5.41, 5.74) is 1.26. The third-order valence-corrected chi connectivity index (χ3v) is 4.49. The first-order valence-corrected chi connectivity index (χ1v) is 9.16. The Kier molecular flexibility index (Phi) is 6.19. The Bertz CT molecular complexity index is 1070. The summed E-state index contributed by atoms with van der Waals surface area (Å²) in [6.45, 7) is -0.857. The number of nitrogens with zero attached hydrogens (tertiary/aromatic N) is 2. The fraction of sp³-hybridized carbons (Fsp3) is 0.105. The first-order valence-electron chi connectivity index (χ1n) is 7.98. The Morgan fingerprint density at radius 2 is 2.07 bits per heavy atom. The number of ether oxygens (including phenoxy) is 2. The van der Waals surface area contributed by atoms with Crippen molar-refractivity contribution in [3.05, 3.63) is 63.5 Å². The Morgan fingerprint density at radius 3 is 2.79 bits per heavy atom. The number of aromatic amines is 1. The third kappa shape index (κ3) is 4.63. The lowest BCUT2D eigenvalue weighted by Crippen LogP contribution is -2.17. The second kappa shape index (κ2) is 8.78. The summed E-state index contributed by atoms with van der Waals surface area (Å²) in [7, 11) is 0. The summed E-state index contributed by atoms with van der Waals surface area (Å²) in [5.74, 6) is -0.516. The normalized spacial score (nSPS) is 11.6. The van der Waals surface area contributed by atoms with E-state index >= 15 is 0 Å². The van der Waals surface area contributed by atoms with Crippen molar-refractivity contribution in [3.8, 4) is 11.8 Å². The molecule has 9 heteroatoms. The monoisotopic (exact) mass is 461 g/mol. The maximum absolute atomic E-state index is 11.9. The third-order valence-electron chi connectivity index (χ3n) is 3.64. The number of fused-ring (bicyclic) bond motifs is 1. The molecule has 0 aliphatic heterocycles. The fourth-order valence-corrected chi connectivity index (χ4v) is 3.11. The number of para-hydroxylation sites is 2. The van der Waals surface area contributed by atoms with Crippen molar-refractivity contribution in [1.82, 2.24) is 9.97 Å². The Hall–Kier alpha value is -3.02. The quantitative estimate of drug-likeness (QED) is 0.319. The molecule has 0 amide bonds. The number of benzene rings is 2. The number of aromatic nitrogens is 2. The lowest BCUT2D eigenvalue weighted by atomic mass is 10.2. The van der Waals surface area contributed by atoms with Gasteiger partial charge in [-0.2, -0.15) is 5.26 Å². The zero-order valence-corrected chi connectivity index (χ0v) is 16.6. The van der Waals surface area contributed by atoms with Crippen LogP contribution < -0.4 is 4.74 Å². The summed E-state index contributed by atoms with van der Waals surface area (Å²) in [5, 5.41) is 20.0. The highest BCUT2D eigenvalue weighted by Crippen LogP contribution is 2.28. The molecule has 3 rings (SSSR count). The van der Waals surface area contributed by atoms with Crippen LogP contribution in [0, 0.1) is 11.3 Å². The minimum Gasteiger partial charge on any atom is -0.507 e. The van der Waals surface area contributed by atoms with Crippen molar-refractivity contribution < 1.29 is 19.4 Å². The number of imidazole rings is 1. The standard InChI is InChI=1S/C19H13BrClN3O4/c20-13-7-11(21)5-6-17(13)27-10-18(26)28-9-16(25)12(8-22)19-23-14-3-1-2-4-15(14)24-19/h1-7,25H,9-10H2,(H,23,24). The molecule has 0 radical (unpaired) electrons. The molecular formula is C19H13BrClN3O4. The van der Waals surface area contributed by atoms with Crippen molar-refractivity contribution in [2.75, 3.05) is 13.2 Å². The maximum atomic E-state index is 11.9. The first-order chi connectivity index (χ1) is 13.5. The number of nitrogens with one attached hydrogen (secondary N) is 1. The molecule has 0 fully saturated rings. The summed E-state index contributed by atoms with van der Waals surface area (Å²) >= 11 is 9.11. The average Bonchev–Trinajstić information content (AvgIpc) is 3.10. The zero-order chi connectivity index (χ0) is 20.1. The van der Waals surface area contributed by atoms with E-state index in [2.05, 4.69) is 25.9 Å². The van der Waals surface area contributed by atoms with E-state index in [4.69, 9.17) is 21.1 Å². The van der Waals surface area contributed by atoms with E-state index in [0.29, 0.717) is 20.8 Å².